The van der Waals surface area contributed by atoms with Crippen LogP contribution in [0.25, 0.3) is 0 Å². The van der Waals surface area contributed by atoms with Crippen LogP contribution >= 0.6 is 0 Å². The van der Waals surface area contributed by atoms with Crippen LogP contribution in [0.2, 0.25) is 0 Å². The number of carbonyl (C=O) groups is 1. The first-order valence-corrected chi connectivity index (χ1v) is 6.94. The maximum absolute atomic E-state index is 11.8. The molecule has 112 valence electrons. The SMILES string of the molecule is Cc1cc(C)cc(OCCNC(=O)[C@@H](N)C(C)(C)C)c1. The van der Waals surface area contributed by atoms with Gasteiger partial charge in [0.05, 0.1) is 12.6 Å². The van der Waals surface area contributed by atoms with E-state index in [4.69, 9.17) is 10.5 Å². The molecule has 0 aliphatic rings. The lowest BCUT2D eigenvalue weighted by Gasteiger charge is -2.25. The average Bonchev–Trinajstić information content (AvgIpc) is 2.31. The van der Waals surface area contributed by atoms with Crippen LogP contribution in [0.4, 0.5) is 0 Å². The van der Waals surface area contributed by atoms with Crippen LogP contribution in [0.1, 0.15) is 31.9 Å². The number of nitrogens with two attached hydrogens (primary N) is 1. The molecule has 0 aliphatic heterocycles. The third-order valence-electron chi connectivity index (χ3n) is 3.08. The summed E-state index contributed by atoms with van der Waals surface area (Å²) in [5.74, 6) is 0.693. The summed E-state index contributed by atoms with van der Waals surface area (Å²) >= 11 is 0. The first kappa shape index (κ1) is 16.5. The number of rotatable bonds is 5. The maximum atomic E-state index is 11.8. The van der Waals surface area contributed by atoms with E-state index in [1.807, 2.05) is 46.8 Å². The van der Waals surface area contributed by atoms with Gasteiger partial charge < -0.3 is 15.8 Å². The summed E-state index contributed by atoms with van der Waals surface area (Å²) in [6, 6.07) is 5.55. The summed E-state index contributed by atoms with van der Waals surface area (Å²) in [6.45, 7) is 10.8. The van der Waals surface area contributed by atoms with Crippen LogP contribution in [0.3, 0.4) is 0 Å². The van der Waals surface area contributed by atoms with E-state index in [-0.39, 0.29) is 11.3 Å². The van der Waals surface area contributed by atoms with Gasteiger partial charge in [0, 0.05) is 0 Å². The van der Waals surface area contributed by atoms with E-state index in [1.165, 1.54) is 11.1 Å². The molecule has 3 N–H and O–H groups in total. The zero-order valence-corrected chi connectivity index (χ0v) is 13.1. The van der Waals surface area contributed by atoms with Crippen molar-refractivity contribution < 1.29 is 9.53 Å². The molecular formula is C16H26N2O2. The number of carbonyl (C=O) groups excluding carboxylic acids is 1. The summed E-state index contributed by atoms with van der Waals surface area (Å²) in [6.07, 6.45) is 0. The predicted molar refractivity (Wildman–Crippen MR) is 81.9 cm³/mol. The molecule has 0 aliphatic carbocycles. The molecule has 4 heteroatoms. The van der Waals surface area contributed by atoms with E-state index in [9.17, 15) is 4.79 Å². The van der Waals surface area contributed by atoms with Gasteiger partial charge in [0.15, 0.2) is 0 Å². The van der Waals surface area contributed by atoms with E-state index >= 15 is 0 Å². The second-order valence-electron chi connectivity index (χ2n) is 6.31. The second kappa shape index (κ2) is 6.75. The fourth-order valence-corrected chi connectivity index (χ4v) is 1.86. The fourth-order valence-electron chi connectivity index (χ4n) is 1.86. The Morgan fingerprint density at radius 2 is 1.80 bits per heavy atom. The molecule has 1 rings (SSSR count). The van der Waals surface area contributed by atoms with E-state index in [2.05, 4.69) is 11.4 Å². The highest BCUT2D eigenvalue weighted by Crippen LogP contribution is 2.17. The van der Waals surface area contributed by atoms with Gasteiger partial charge in [-0.2, -0.15) is 0 Å². The second-order valence-corrected chi connectivity index (χ2v) is 6.31. The van der Waals surface area contributed by atoms with Gasteiger partial charge in [-0.25, -0.2) is 0 Å². The van der Waals surface area contributed by atoms with Crippen LogP contribution in [-0.2, 0) is 4.79 Å². The Labute approximate surface area is 121 Å². The summed E-state index contributed by atoms with van der Waals surface area (Å²) < 4.78 is 5.63. The number of amides is 1. The van der Waals surface area contributed by atoms with Gasteiger partial charge in [-0.05, 0) is 42.5 Å². The highest BCUT2D eigenvalue weighted by atomic mass is 16.5. The first-order chi connectivity index (χ1) is 9.20. The minimum Gasteiger partial charge on any atom is -0.492 e. The molecule has 20 heavy (non-hydrogen) atoms. The third-order valence-corrected chi connectivity index (χ3v) is 3.08. The molecule has 0 heterocycles. The van der Waals surface area contributed by atoms with Crippen molar-refractivity contribution in [2.45, 2.75) is 40.7 Å². The topological polar surface area (TPSA) is 64.3 Å². The summed E-state index contributed by atoms with van der Waals surface area (Å²) in [5.41, 5.74) is 7.97. The molecule has 4 nitrogen and oxygen atoms in total. The van der Waals surface area contributed by atoms with E-state index in [1.54, 1.807) is 0 Å². The Balaban J connectivity index is 2.37. The van der Waals surface area contributed by atoms with Crippen molar-refractivity contribution in [3.05, 3.63) is 29.3 Å². The molecule has 0 saturated heterocycles. The minimum atomic E-state index is -0.510. The van der Waals surface area contributed by atoms with Crippen molar-refractivity contribution >= 4 is 5.91 Å². The number of nitrogens with one attached hydrogen (secondary N) is 1. The highest BCUT2D eigenvalue weighted by Gasteiger charge is 2.26. The molecule has 0 bridgehead atoms. The van der Waals surface area contributed by atoms with Crippen LogP contribution in [0.5, 0.6) is 5.75 Å². The lowest BCUT2D eigenvalue weighted by atomic mass is 9.87. The number of hydrogen-bond donors (Lipinski definition) is 2. The third kappa shape index (κ3) is 5.21. The van der Waals surface area contributed by atoms with Gasteiger partial charge in [-0.1, -0.05) is 26.8 Å². The molecule has 0 radical (unpaired) electrons. The van der Waals surface area contributed by atoms with E-state index in [0.29, 0.717) is 13.2 Å². The lowest BCUT2D eigenvalue weighted by molar-refractivity contribution is -0.124. The number of aryl methyl sites for hydroxylation is 2. The predicted octanol–water partition coefficient (Wildman–Crippen LogP) is 2.17. The Bertz CT molecular complexity index is 444. The van der Waals surface area contributed by atoms with Crippen molar-refractivity contribution in [3.8, 4) is 5.75 Å². The zero-order valence-electron chi connectivity index (χ0n) is 13.1. The lowest BCUT2D eigenvalue weighted by Crippen LogP contribution is -2.49. The van der Waals surface area contributed by atoms with Gasteiger partial charge >= 0.3 is 0 Å². The van der Waals surface area contributed by atoms with Gasteiger partial charge in [-0.15, -0.1) is 0 Å². The summed E-state index contributed by atoms with van der Waals surface area (Å²) in [5, 5.41) is 2.80. The van der Waals surface area contributed by atoms with Gasteiger partial charge in [0.2, 0.25) is 5.91 Å². The van der Waals surface area contributed by atoms with E-state index in [0.717, 1.165) is 5.75 Å². The molecule has 1 atom stereocenters. The molecule has 0 spiro atoms. The van der Waals surface area contributed by atoms with Crippen molar-refractivity contribution in [2.24, 2.45) is 11.1 Å². The number of ether oxygens (including phenoxy) is 1. The molecule has 0 aromatic heterocycles. The summed E-state index contributed by atoms with van der Waals surface area (Å²) in [7, 11) is 0. The van der Waals surface area contributed by atoms with Crippen molar-refractivity contribution in [1.82, 2.24) is 5.32 Å². The standard InChI is InChI=1S/C16H26N2O2/c1-11-8-12(2)10-13(9-11)20-7-6-18-15(19)14(17)16(3,4)5/h8-10,14H,6-7,17H2,1-5H3,(H,18,19)/t14-/m1/s1. The first-order valence-electron chi connectivity index (χ1n) is 6.94. The van der Waals surface area contributed by atoms with Crippen LogP contribution < -0.4 is 15.8 Å². The fraction of sp³-hybridized carbons (Fsp3) is 0.562. The average molecular weight is 278 g/mol. The molecule has 0 fully saturated rings. The highest BCUT2D eigenvalue weighted by molar-refractivity contribution is 5.82. The monoisotopic (exact) mass is 278 g/mol. The van der Waals surface area contributed by atoms with Crippen molar-refractivity contribution in [2.75, 3.05) is 13.2 Å². The molecular weight excluding hydrogens is 252 g/mol. The Kier molecular flexibility index (Phi) is 5.57. The largest absolute Gasteiger partial charge is 0.492 e. The Hall–Kier alpha value is -1.55. The molecule has 0 unspecified atom stereocenters. The van der Waals surface area contributed by atoms with E-state index < -0.39 is 6.04 Å². The molecule has 1 aromatic rings. The quantitative estimate of drug-likeness (QED) is 0.811. The maximum Gasteiger partial charge on any atom is 0.237 e. The van der Waals surface area contributed by atoms with Crippen molar-refractivity contribution in [3.63, 3.8) is 0 Å². The minimum absolute atomic E-state index is 0.137. The smallest absolute Gasteiger partial charge is 0.237 e. The zero-order chi connectivity index (χ0) is 15.3. The number of hydrogen-bond acceptors (Lipinski definition) is 3. The Morgan fingerprint density at radius 1 is 1.25 bits per heavy atom. The molecule has 1 aromatic carbocycles. The van der Waals surface area contributed by atoms with Crippen LogP contribution in [0.15, 0.2) is 18.2 Å². The molecule has 1 amide bonds. The molecule has 0 saturated carbocycles. The van der Waals surface area contributed by atoms with Crippen LogP contribution in [0, 0.1) is 19.3 Å². The van der Waals surface area contributed by atoms with Crippen LogP contribution in [-0.4, -0.2) is 25.1 Å². The van der Waals surface area contributed by atoms with Gasteiger partial charge in [-0.3, -0.25) is 4.79 Å². The van der Waals surface area contributed by atoms with Crippen molar-refractivity contribution in [1.29, 1.82) is 0 Å². The summed E-state index contributed by atoms with van der Waals surface area (Å²) in [4.78, 5) is 11.8. The van der Waals surface area contributed by atoms with Gasteiger partial charge in [0.25, 0.3) is 0 Å². The van der Waals surface area contributed by atoms with Gasteiger partial charge in [0.1, 0.15) is 12.4 Å². The number of benzene rings is 1. The normalized spacial score (nSPS) is 12.9. The Morgan fingerprint density at radius 3 is 2.30 bits per heavy atom.